The fourth-order valence-electron chi connectivity index (χ4n) is 5.58. The highest BCUT2D eigenvalue weighted by Gasteiger charge is 2.30. The van der Waals surface area contributed by atoms with Gasteiger partial charge in [0.2, 0.25) is 0 Å². The molecule has 0 atom stereocenters. The van der Waals surface area contributed by atoms with Crippen molar-refractivity contribution in [3.05, 3.63) is 29.6 Å². The van der Waals surface area contributed by atoms with Gasteiger partial charge in [-0.2, -0.15) is 0 Å². The minimum atomic E-state index is -0.275. The average molecular weight is 403 g/mol. The third-order valence-corrected chi connectivity index (χ3v) is 7.56. The summed E-state index contributed by atoms with van der Waals surface area (Å²) in [7, 11) is 0. The van der Waals surface area contributed by atoms with Gasteiger partial charge < -0.3 is 4.74 Å². The first kappa shape index (κ1) is 22.3. The number of hydrogen-bond donors (Lipinski definition) is 0. The fraction of sp³-hybridized carbons (Fsp3) is 0.731. The van der Waals surface area contributed by atoms with Crippen LogP contribution in [0.15, 0.2) is 18.2 Å². The number of halogens is 1. The second kappa shape index (κ2) is 11.1. The van der Waals surface area contributed by atoms with Gasteiger partial charge in [0.05, 0.1) is 0 Å². The van der Waals surface area contributed by atoms with Crippen molar-refractivity contribution in [1.29, 1.82) is 0 Å². The van der Waals surface area contributed by atoms with Crippen molar-refractivity contribution < 1.29 is 13.9 Å². The van der Waals surface area contributed by atoms with Crippen LogP contribution in [0, 0.1) is 29.5 Å². The van der Waals surface area contributed by atoms with E-state index in [2.05, 4.69) is 6.92 Å². The lowest BCUT2D eigenvalue weighted by atomic mass is 9.68. The molecule has 2 aliphatic carbocycles. The van der Waals surface area contributed by atoms with Crippen LogP contribution in [0.1, 0.15) is 96.5 Å². The van der Waals surface area contributed by atoms with Gasteiger partial charge in [0, 0.05) is 12.5 Å². The molecule has 0 bridgehead atoms. The maximum atomic E-state index is 14.0. The molecule has 1 aromatic rings. The van der Waals surface area contributed by atoms with Gasteiger partial charge in [-0.1, -0.05) is 58.4 Å². The van der Waals surface area contributed by atoms with Crippen LogP contribution in [0.25, 0.3) is 0 Å². The predicted octanol–water partition coefficient (Wildman–Crippen LogP) is 7.49. The van der Waals surface area contributed by atoms with Gasteiger partial charge in [0.15, 0.2) is 0 Å². The smallest absolute Gasteiger partial charge is 0.311 e. The molecule has 0 N–H and O–H groups in total. The Balaban J connectivity index is 1.36. The third kappa shape index (κ3) is 6.55. The highest BCUT2D eigenvalue weighted by molar-refractivity contribution is 5.72. The molecule has 29 heavy (non-hydrogen) atoms. The molecule has 1 aromatic carbocycles. The van der Waals surface area contributed by atoms with Crippen LogP contribution < -0.4 is 4.74 Å². The fourth-order valence-corrected chi connectivity index (χ4v) is 5.58. The lowest BCUT2D eigenvalue weighted by Gasteiger charge is -2.37. The van der Waals surface area contributed by atoms with Crippen molar-refractivity contribution in [1.82, 2.24) is 0 Å². The van der Waals surface area contributed by atoms with E-state index in [1.807, 2.05) is 6.92 Å². The molecule has 2 aliphatic rings. The first-order chi connectivity index (χ1) is 14.1. The summed E-state index contributed by atoms with van der Waals surface area (Å²) < 4.78 is 19.4. The summed E-state index contributed by atoms with van der Waals surface area (Å²) in [5.74, 6) is 3.32. The van der Waals surface area contributed by atoms with E-state index in [1.54, 1.807) is 12.1 Å². The first-order valence-corrected chi connectivity index (χ1v) is 12.1. The number of carbonyl (C=O) groups excluding carboxylic acids is 1. The van der Waals surface area contributed by atoms with Crippen molar-refractivity contribution in [2.24, 2.45) is 23.7 Å². The van der Waals surface area contributed by atoms with Crippen molar-refractivity contribution in [3.8, 4) is 5.75 Å². The molecule has 2 nitrogen and oxygen atoms in total. The Hall–Kier alpha value is -1.38. The Kier molecular flexibility index (Phi) is 8.56. The van der Waals surface area contributed by atoms with E-state index in [4.69, 9.17) is 4.74 Å². The minimum absolute atomic E-state index is 0.229. The van der Waals surface area contributed by atoms with Crippen molar-refractivity contribution >= 4 is 5.97 Å². The molecular formula is C26H39FO2. The van der Waals surface area contributed by atoms with E-state index >= 15 is 0 Å². The maximum absolute atomic E-state index is 14.0. The number of hydrogen-bond acceptors (Lipinski definition) is 2. The maximum Gasteiger partial charge on any atom is 0.311 e. The molecule has 2 fully saturated rings. The largest absolute Gasteiger partial charge is 0.426 e. The van der Waals surface area contributed by atoms with Crippen LogP contribution in [0.4, 0.5) is 4.39 Å². The Labute approximate surface area is 176 Å². The molecule has 2 saturated carbocycles. The highest BCUT2D eigenvalue weighted by atomic mass is 19.1. The molecule has 0 spiro atoms. The van der Waals surface area contributed by atoms with Crippen LogP contribution in [0.5, 0.6) is 5.75 Å². The lowest BCUT2D eigenvalue weighted by molar-refractivity contribution is -0.134. The second-order valence-electron chi connectivity index (χ2n) is 9.49. The molecule has 3 rings (SSSR count). The normalized spacial score (nSPS) is 27.6. The number of esters is 1. The Morgan fingerprint density at radius 1 is 0.966 bits per heavy atom. The predicted molar refractivity (Wildman–Crippen MR) is 116 cm³/mol. The summed E-state index contributed by atoms with van der Waals surface area (Å²) in [5, 5.41) is 0. The van der Waals surface area contributed by atoms with Crippen LogP contribution in [-0.4, -0.2) is 5.97 Å². The van der Waals surface area contributed by atoms with Crippen LogP contribution in [0.2, 0.25) is 0 Å². The summed E-state index contributed by atoms with van der Waals surface area (Å²) in [5.41, 5.74) is 0.687. The number of rotatable bonds is 8. The molecule has 162 valence electrons. The van der Waals surface area contributed by atoms with E-state index in [0.29, 0.717) is 30.1 Å². The van der Waals surface area contributed by atoms with E-state index in [-0.39, 0.29) is 11.8 Å². The Morgan fingerprint density at radius 2 is 1.59 bits per heavy atom. The van der Waals surface area contributed by atoms with Crippen molar-refractivity contribution in [2.75, 3.05) is 0 Å². The summed E-state index contributed by atoms with van der Waals surface area (Å²) in [6, 6.07) is 4.79. The molecule has 0 heterocycles. The topological polar surface area (TPSA) is 26.3 Å². The zero-order valence-electron chi connectivity index (χ0n) is 18.4. The van der Waals surface area contributed by atoms with Gasteiger partial charge in [0.25, 0.3) is 0 Å². The molecular weight excluding hydrogens is 363 g/mol. The molecule has 0 aromatic heterocycles. The first-order valence-electron chi connectivity index (χ1n) is 12.1. The van der Waals surface area contributed by atoms with Gasteiger partial charge in [-0.25, -0.2) is 4.39 Å². The van der Waals surface area contributed by atoms with Gasteiger partial charge in [-0.3, -0.25) is 4.79 Å². The van der Waals surface area contributed by atoms with Gasteiger partial charge in [0.1, 0.15) is 11.6 Å². The summed E-state index contributed by atoms with van der Waals surface area (Å²) in [4.78, 5) is 12.2. The van der Waals surface area contributed by atoms with Crippen molar-refractivity contribution in [2.45, 2.75) is 97.3 Å². The van der Waals surface area contributed by atoms with E-state index < -0.39 is 0 Å². The SMILES string of the molecule is CCCc1ccc(OC(=O)CCC2CCC(C3CCC(CC)CC3)CC2)cc1F. The molecule has 0 aliphatic heterocycles. The molecule has 0 unspecified atom stereocenters. The van der Waals surface area contributed by atoms with Crippen LogP contribution >= 0.6 is 0 Å². The van der Waals surface area contributed by atoms with Gasteiger partial charge in [-0.05, 0) is 73.8 Å². The van der Waals surface area contributed by atoms with Crippen LogP contribution in [-0.2, 0) is 11.2 Å². The van der Waals surface area contributed by atoms with E-state index in [9.17, 15) is 9.18 Å². The summed E-state index contributed by atoms with van der Waals surface area (Å²) in [6.45, 7) is 4.36. The van der Waals surface area contributed by atoms with E-state index in [1.165, 1.54) is 63.9 Å². The minimum Gasteiger partial charge on any atom is -0.426 e. The second-order valence-corrected chi connectivity index (χ2v) is 9.49. The number of aryl methyl sites for hydroxylation is 1. The molecule has 3 heteroatoms. The Morgan fingerprint density at radius 3 is 2.14 bits per heavy atom. The lowest BCUT2D eigenvalue weighted by Crippen LogP contribution is -2.26. The molecule has 0 radical (unpaired) electrons. The zero-order valence-corrected chi connectivity index (χ0v) is 18.4. The summed E-state index contributed by atoms with van der Waals surface area (Å²) in [6.07, 6.45) is 15.3. The quantitative estimate of drug-likeness (QED) is 0.333. The number of ether oxygens (including phenoxy) is 1. The average Bonchev–Trinajstić information content (AvgIpc) is 2.75. The van der Waals surface area contributed by atoms with Crippen LogP contribution in [0.3, 0.4) is 0 Å². The molecule has 0 amide bonds. The summed E-state index contributed by atoms with van der Waals surface area (Å²) >= 11 is 0. The van der Waals surface area contributed by atoms with Gasteiger partial charge in [-0.15, -0.1) is 0 Å². The van der Waals surface area contributed by atoms with Crippen molar-refractivity contribution in [3.63, 3.8) is 0 Å². The van der Waals surface area contributed by atoms with E-state index in [0.717, 1.165) is 30.6 Å². The Bertz CT molecular complexity index is 640. The number of carbonyl (C=O) groups is 1. The highest BCUT2D eigenvalue weighted by Crippen LogP contribution is 2.42. The zero-order chi connectivity index (χ0) is 20.6. The molecule has 0 saturated heterocycles. The third-order valence-electron chi connectivity index (χ3n) is 7.56. The standard InChI is InChI=1S/C26H39FO2/c1-3-5-23-15-16-24(18-25(23)27)29-26(28)17-10-20-8-13-22(14-9-20)21-11-6-19(4-2)7-12-21/h15-16,18-22H,3-14,17H2,1-2H3. The van der Waals surface area contributed by atoms with Gasteiger partial charge >= 0.3 is 5.97 Å². The number of benzene rings is 1. The monoisotopic (exact) mass is 402 g/mol.